The van der Waals surface area contributed by atoms with Crippen molar-refractivity contribution in [1.29, 1.82) is 0 Å². The lowest BCUT2D eigenvalue weighted by atomic mass is 9.95. The molecule has 174 valence electrons. The molecule has 1 atom stereocenters. The van der Waals surface area contributed by atoms with Gasteiger partial charge in [-0.2, -0.15) is 0 Å². The van der Waals surface area contributed by atoms with Gasteiger partial charge in [0.05, 0.1) is 18.2 Å². The molecule has 1 aromatic heterocycles. The standard InChI is InChI=1S/C28H28N2O4/c1-17(2)16-34-22-7-5-6-21(15-22)26(31)24-25(20-10-12-29-13-11-20)30(28(33)27(24)32)23-9-8-18(3)14-19(23)4/h5-15,17,25,31H,16H2,1-4H3/b26-24+. The number of aromatic nitrogens is 1. The highest BCUT2D eigenvalue weighted by Gasteiger charge is 2.47. The number of carbonyl (C=O) groups is 2. The molecule has 6 heteroatoms. The van der Waals surface area contributed by atoms with Crippen LogP contribution in [0.3, 0.4) is 0 Å². The van der Waals surface area contributed by atoms with Crippen molar-refractivity contribution in [1.82, 2.24) is 4.98 Å². The molecule has 34 heavy (non-hydrogen) atoms. The van der Waals surface area contributed by atoms with Gasteiger partial charge in [0.1, 0.15) is 11.5 Å². The molecular formula is C28H28N2O4. The SMILES string of the molecule is Cc1ccc(N2C(=O)C(=O)/C(=C(/O)c3cccc(OCC(C)C)c3)C2c2ccncc2)c(C)c1. The molecule has 0 spiro atoms. The lowest BCUT2D eigenvalue weighted by molar-refractivity contribution is -0.132. The molecule has 2 aromatic carbocycles. The average Bonchev–Trinajstić information content (AvgIpc) is 3.08. The molecule has 4 rings (SSSR count). The summed E-state index contributed by atoms with van der Waals surface area (Å²) in [7, 11) is 0. The van der Waals surface area contributed by atoms with E-state index in [9.17, 15) is 14.7 Å². The highest BCUT2D eigenvalue weighted by Crippen LogP contribution is 2.43. The van der Waals surface area contributed by atoms with Crippen LogP contribution in [-0.2, 0) is 9.59 Å². The third-order valence-corrected chi connectivity index (χ3v) is 5.77. The molecule has 1 aliphatic rings. The van der Waals surface area contributed by atoms with Crippen molar-refractivity contribution in [3.05, 3.63) is 94.8 Å². The Morgan fingerprint density at radius 3 is 2.47 bits per heavy atom. The van der Waals surface area contributed by atoms with Crippen LogP contribution in [0.1, 0.15) is 42.1 Å². The normalized spacial score (nSPS) is 17.4. The van der Waals surface area contributed by atoms with Crippen LogP contribution in [0.2, 0.25) is 0 Å². The summed E-state index contributed by atoms with van der Waals surface area (Å²) < 4.78 is 5.79. The second kappa shape index (κ2) is 9.51. The van der Waals surface area contributed by atoms with Gasteiger partial charge in [0, 0.05) is 23.6 Å². The van der Waals surface area contributed by atoms with Crippen molar-refractivity contribution in [3.63, 3.8) is 0 Å². The number of hydrogen-bond acceptors (Lipinski definition) is 5. The molecule has 2 heterocycles. The Balaban J connectivity index is 1.87. The van der Waals surface area contributed by atoms with Gasteiger partial charge < -0.3 is 9.84 Å². The molecule has 1 saturated heterocycles. The molecule has 6 nitrogen and oxygen atoms in total. The second-order valence-electron chi connectivity index (χ2n) is 8.97. The summed E-state index contributed by atoms with van der Waals surface area (Å²) in [6.45, 7) is 8.50. The summed E-state index contributed by atoms with van der Waals surface area (Å²) in [5.74, 6) is -0.716. The van der Waals surface area contributed by atoms with Crippen LogP contribution in [0, 0.1) is 19.8 Å². The number of Topliss-reactive ketones (excluding diaryl/α,β-unsaturated/α-hetero) is 1. The Hall–Kier alpha value is -3.93. The van der Waals surface area contributed by atoms with Gasteiger partial charge in [0.15, 0.2) is 0 Å². The average molecular weight is 457 g/mol. The molecule has 3 aromatic rings. The smallest absolute Gasteiger partial charge is 0.300 e. The summed E-state index contributed by atoms with van der Waals surface area (Å²) in [6, 6.07) is 15.4. The number of aryl methyl sites for hydroxylation is 2. The maximum atomic E-state index is 13.3. The minimum absolute atomic E-state index is 0.0391. The number of rotatable bonds is 6. The molecule has 0 radical (unpaired) electrons. The van der Waals surface area contributed by atoms with Crippen molar-refractivity contribution >= 4 is 23.1 Å². The quantitative estimate of drug-likeness (QED) is 0.307. The van der Waals surface area contributed by atoms with E-state index in [1.807, 2.05) is 45.9 Å². The summed E-state index contributed by atoms with van der Waals surface area (Å²) in [6.07, 6.45) is 3.22. The predicted molar refractivity (Wildman–Crippen MR) is 132 cm³/mol. The van der Waals surface area contributed by atoms with E-state index in [-0.39, 0.29) is 11.3 Å². The number of hydrogen-bond donors (Lipinski definition) is 1. The van der Waals surface area contributed by atoms with Crippen molar-refractivity contribution in [2.75, 3.05) is 11.5 Å². The van der Waals surface area contributed by atoms with Gasteiger partial charge >= 0.3 is 0 Å². The summed E-state index contributed by atoms with van der Waals surface area (Å²) in [5, 5.41) is 11.3. The van der Waals surface area contributed by atoms with Crippen LogP contribution in [0.15, 0.2) is 72.6 Å². The first-order chi connectivity index (χ1) is 16.3. The largest absolute Gasteiger partial charge is 0.507 e. The monoisotopic (exact) mass is 456 g/mol. The van der Waals surface area contributed by atoms with E-state index in [0.29, 0.717) is 35.1 Å². The van der Waals surface area contributed by atoms with E-state index in [4.69, 9.17) is 4.74 Å². The minimum atomic E-state index is -0.787. The zero-order chi connectivity index (χ0) is 24.4. The third kappa shape index (κ3) is 4.44. The van der Waals surface area contributed by atoms with Gasteiger partial charge in [-0.05, 0) is 61.2 Å². The number of aliphatic hydroxyl groups excluding tert-OH is 1. The van der Waals surface area contributed by atoms with Crippen LogP contribution < -0.4 is 9.64 Å². The molecule has 1 amide bonds. The Labute approximate surface area is 199 Å². The third-order valence-electron chi connectivity index (χ3n) is 5.77. The number of carbonyl (C=O) groups excluding carboxylic acids is 2. The predicted octanol–water partition coefficient (Wildman–Crippen LogP) is 5.36. The number of ether oxygens (including phenoxy) is 1. The van der Waals surface area contributed by atoms with E-state index < -0.39 is 17.7 Å². The Morgan fingerprint density at radius 2 is 1.79 bits per heavy atom. The van der Waals surface area contributed by atoms with Gasteiger partial charge in [0.25, 0.3) is 11.7 Å². The Morgan fingerprint density at radius 1 is 1.06 bits per heavy atom. The number of anilines is 1. The van der Waals surface area contributed by atoms with Crippen LogP contribution in [0.4, 0.5) is 5.69 Å². The first kappa shape index (κ1) is 23.2. The van der Waals surface area contributed by atoms with Gasteiger partial charge in [-0.1, -0.05) is 43.7 Å². The number of ketones is 1. The maximum Gasteiger partial charge on any atom is 0.300 e. The van der Waals surface area contributed by atoms with Crippen LogP contribution in [0.25, 0.3) is 5.76 Å². The number of nitrogens with zero attached hydrogens (tertiary/aromatic N) is 2. The zero-order valence-corrected chi connectivity index (χ0v) is 19.8. The maximum absolute atomic E-state index is 13.3. The fourth-order valence-corrected chi connectivity index (χ4v) is 4.17. The van der Waals surface area contributed by atoms with E-state index in [0.717, 1.165) is 11.1 Å². The summed E-state index contributed by atoms with van der Waals surface area (Å²) in [5.41, 5.74) is 3.68. The minimum Gasteiger partial charge on any atom is -0.507 e. The highest BCUT2D eigenvalue weighted by molar-refractivity contribution is 6.51. The fourth-order valence-electron chi connectivity index (χ4n) is 4.17. The van der Waals surface area contributed by atoms with Gasteiger partial charge in [-0.15, -0.1) is 0 Å². The van der Waals surface area contributed by atoms with E-state index >= 15 is 0 Å². The fraction of sp³-hybridized carbons (Fsp3) is 0.250. The van der Waals surface area contributed by atoms with E-state index in [2.05, 4.69) is 4.98 Å². The van der Waals surface area contributed by atoms with Crippen molar-refractivity contribution in [2.24, 2.45) is 5.92 Å². The topological polar surface area (TPSA) is 79.7 Å². The Kier molecular flexibility index (Phi) is 6.50. The molecule has 1 unspecified atom stereocenters. The summed E-state index contributed by atoms with van der Waals surface area (Å²) >= 11 is 0. The lowest BCUT2D eigenvalue weighted by Crippen LogP contribution is -2.30. The van der Waals surface area contributed by atoms with Crippen molar-refractivity contribution < 1.29 is 19.4 Å². The highest BCUT2D eigenvalue weighted by atomic mass is 16.5. The number of amides is 1. The van der Waals surface area contributed by atoms with Crippen molar-refractivity contribution in [2.45, 2.75) is 33.7 Å². The van der Waals surface area contributed by atoms with Crippen LogP contribution >= 0.6 is 0 Å². The van der Waals surface area contributed by atoms with Gasteiger partial charge in [-0.3, -0.25) is 19.5 Å². The second-order valence-corrected chi connectivity index (χ2v) is 8.97. The molecular weight excluding hydrogens is 428 g/mol. The molecule has 0 aliphatic carbocycles. The van der Waals surface area contributed by atoms with E-state index in [1.54, 1.807) is 48.8 Å². The molecule has 0 saturated carbocycles. The summed E-state index contributed by atoms with van der Waals surface area (Å²) in [4.78, 5) is 32.2. The van der Waals surface area contributed by atoms with Crippen LogP contribution in [-0.4, -0.2) is 28.4 Å². The lowest BCUT2D eigenvalue weighted by Gasteiger charge is -2.27. The molecule has 0 bridgehead atoms. The first-order valence-corrected chi connectivity index (χ1v) is 11.3. The van der Waals surface area contributed by atoms with E-state index in [1.165, 1.54) is 4.90 Å². The molecule has 1 N–H and O–H groups in total. The number of aliphatic hydroxyl groups is 1. The van der Waals surface area contributed by atoms with Gasteiger partial charge in [-0.25, -0.2) is 0 Å². The Bertz CT molecular complexity index is 1260. The van der Waals surface area contributed by atoms with Crippen molar-refractivity contribution in [3.8, 4) is 5.75 Å². The zero-order valence-electron chi connectivity index (χ0n) is 19.8. The number of benzene rings is 2. The van der Waals surface area contributed by atoms with Crippen LogP contribution in [0.5, 0.6) is 5.75 Å². The number of pyridine rings is 1. The first-order valence-electron chi connectivity index (χ1n) is 11.3. The van der Waals surface area contributed by atoms with Gasteiger partial charge in [0.2, 0.25) is 0 Å². The molecule has 1 aliphatic heterocycles. The molecule has 1 fully saturated rings.